The van der Waals surface area contributed by atoms with Crippen molar-refractivity contribution in [3.8, 4) is 0 Å². The highest BCUT2D eigenvalue weighted by atomic mass is 14.5. The normalized spacial score (nSPS) is 12.6. The summed E-state index contributed by atoms with van der Waals surface area (Å²) < 4.78 is 0. The SMILES string of the molecule is CCCCCCC(c1ccc(CCCCCCCCCCCCCCCc2ccc(C(CCCCCC)c3ccc(N)cc3C)cc2)cc1)c1ccc(N)cc1C. The molecule has 4 rings (SSSR count). The Labute approximate surface area is 351 Å². The van der Waals surface area contributed by atoms with Crippen molar-refractivity contribution in [2.45, 2.75) is 200 Å². The first kappa shape index (κ1) is 46.2. The van der Waals surface area contributed by atoms with Crippen molar-refractivity contribution in [3.63, 3.8) is 0 Å². The van der Waals surface area contributed by atoms with Crippen molar-refractivity contribution in [3.05, 3.63) is 129 Å². The van der Waals surface area contributed by atoms with E-state index in [0.717, 1.165) is 11.4 Å². The summed E-state index contributed by atoms with van der Waals surface area (Å²) in [4.78, 5) is 0. The number of nitrogens with two attached hydrogens (primary N) is 2. The highest BCUT2D eigenvalue weighted by Gasteiger charge is 2.18. The Kier molecular flexibility index (Phi) is 22.1. The van der Waals surface area contributed by atoms with Crippen LogP contribution in [0.1, 0.15) is 218 Å². The van der Waals surface area contributed by atoms with Gasteiger partial charge < -0.3 is 11.5 Å². The second-order valence-corrected chi connectivity index (χ2v) is 17.6. The van der Waals surface area contributed by atoms with E-state index in [-0.39, 0.29) is 0 Å². The Balaban J connectivity index is 1.02. The van der Waals surface area contributed by atoms with Gasteiger partial charge in [-0.25, -0.2) is 0 Å². The molecule has 0 heterocycles. The zero-order chi connectivity index (χ0) is 40.5. The van der Waals surface area contributed by atoms with E-state index < -0.39 is 0 Å². The third-order valence-corrected chi connectivity index (χ3v) is 12.7. The first-order chi connectivity index (χ1) is 27.9. The van der Waals surface area contributed by atoms with Gasteiger partial charge in [0.15, 0.2) is 0 Å². The summed E-state index contributed by atoms with van der Waals surface area (Å²) in [6.45, 7) is 9.03. The van der Waals surface area contributed by atoms with Crippen LogP contribution in [0.3, 0.4) is 0 Å². The van der Waals surface area contributed by atoms with Crippen LogP contribution < -0.4 is 11.5 Å². The predicted molar refractivity (Wildman–Crippen MR) is 253 cm³/mol. The third kappa shape index (κ3) is 17.1. The molecule has 2 heteroatoms. The van der Waals surface area contributed by atoms with E-state index in [4.69, 9.17) is 11.5 Å². The molecule has 0 amide bonds. The Morgan fingerprint density at radius 2 is 0.684 bits per heavy atom. The van der Waals surface area contributed by atoms with Crippen LogP contribution >= 0.6 is 0 Å². The van der Waals surface area contributed by atoms with Gasteiger partial charge in [-0.2, -0.15) is 0 Å². The first-order valence-electron chi connectivity index (χ1n) is 23.8. The van der Waals surface area contributed by atoms with Gasteiger partial charge >= 0.3 is 0 Å². The Morgan fingerprint density at radius 3 is 1.00 bits per heavy atom. The second kappa shape index (κ2) is 27.2. The van der Waals surface area contributed by atoms with Crippen LogP contribution in [0.25, 0.3) is 0 Å². The molecule has 0 aliphatic carbocycles. The fraction of sp³-hybridized carbons (Fsp3) is 0.564. The van der Waals surface area contributed by atoms with E-state index in [9.17, 15) is 0 Å². The zero-order valence-electron chi connectivity index (χ0n) is 37.1. The summed E-state index contributed by atoms with van der Waals surface area (Å²) in [5.41, 5.74) is 25.4. The highest BCUT2D eigenvalue weighted by Crippen LogP contribution is 2.35. The quantitative estimate of drug-likeness (QED) is 0.0410. The van der Waals surface area contributed by atoms with E-state index in [1.54, 1.807) is 0 Å². The molecular formula is C55H82N2. The lowest BCUT2D eigenvalue weighted by Crippen LogP contribution is -2.05. The summed E-state index contributed by atoms with van der Waals surface area (Å²) in [5.74, 6) is 0.929. The van der Waals surface area contributed by atoms with Crippen molar-refractivity contribution >= 4 is 11.4 Å². The number of unbranched alkanes of at least 4 members (excludes halogenated alkanes) is 18. The third-order valence-electron chi connectivity index (χ3n) is 12.7. The summed E-state index contributed by atoms with van der Waals surface area (Å²) >= 11 is 0. The minimum atomic E-state index is 0.465. The summed E-state index contributed by atoms with van der Waals surface area (Å²) in [6.07, 6.45) is 33.3. The molecule has 0 aliphatic rings. The summed E-state index contributed by atoms with van der Waals surface area (Å²) in [5, 5.41) is 0. The second-order valence-electron chi connectivity index (χ2n) is 17.6. The number of aryl methyl sites for hydroxylation is 4. The molecular weight excluding hydrogens is 689 g/mol. The maximum absolute atomic E-state index is 6.10. The summed E-state index contributed by atoms with van der Waals surface area (Å²) in [6, 6.07) is 32.2. The number of nitrogen functional groups attached to an aromatic ring is 2. The molecule has 0 fully saturated rings. The van der Waals surface area contributed by atoms with Crippen LogP contribution in [0.4, 0.5) is 11.4 Å². The Bertz CT molecular complexity index is 1510. The van der Waals surface area contributed by atoms with Gasteiger partial charge in [-0.1, -0.05) is 197 Å². The number of benzene rings is 4. The molecule has 0 spiro atoms. The lowest BCUT2D eigenvalue weighted by molar-refractivity contribution is 0.536. The molecule has 4 aromatic rings. The lowest BCUT2D eigenvalue weighted by Gasteiger charge is -2.21. The Hall–Kier alpha value is -3.52. The predicted octanol–water partition coefficient (Wildman–Crippen LogP) is 16.5. The van der Waals surface area contributed by atoms with Crippen molar-refractivity contribution < 1.29 is 0 Å². The molecule has 0 saturated heterocycles. The maximum Gasteiger partial charge on any atom is 0.0316 e. The zero-order valence-corrected chi connectivity index (χ0v) is 37.1. The van der Waals surface area contributed by atoms with Crippen molar-refractivity contribution in [2.75, 3.05) is 11.5 Å². The molecule has 2 atom stereocenters. The molecule has 0 aromatic heterocycles. The van der Waals surface area contributed by atoms with Gasteiger partial charge in [0.1, 0.15) is 0 Å². The van der Waals surface area contributed by atoms with Crippen LogP contribution in [0.5, 0.6) is 0 Å². The largest absolute Gasteiger partial charge is 0.399 e. The van der Waals surface area contributed by atoms with Gasteiger partial charge in [-0.3, -0.25) is 0 Å². The average Bonchev–Trinajstić information content (AvgIpc) is 3.21. The first-order valence-corrected chi connectivity index (χ1v) is 23.8. The average molecular weight is 771 g/mol. The molecule has 57 heavy (non-hydrogen) atoms. The highest BCUT2D eigenvalue weighted by molar-refractivity contribution is 5.49. The molecule has 312 valence electrons. The summed E-state index contributed by atoms with van der Waals surface area (Å²) in [7, 11) is 0. The van der Waals surface area contributed by atoms with Gasteiger partial charge in [-0.15, -0.1) is 0 Å². The number of rotatable bonds is 30. The van der Waals surface area contributed by atoms with E-state index in [0.29, 0.717) is 11.8 Å². The molecule has 0 saturated carbocycles. The topological polar surface area (TPSA) is 52.0 Å². The smallest absolute Gasteiger partial charge is 0.0316 e. The lowest BCUT2D eigenvalue weighted by atomic mass is 9.84. The van der Waals surface area contributed by atoms with E-state index >= 15 is 0 Å². The monoisotopic (exact) mass is 771 g/mol. The van der Waals surface area contributed by atoms with Crippen LogP contribution in [-0.4, -0.2) is 0 Å². The van der Waals surface area contributed by atoms with Crippen molar-refractivity contribution in [1.29, 1.82) is 0 Å². The number of anilines is 2. The van der Waals surface area contributed by atoms with Crippen molar-refractivity contribution in [1.82, 2.24) is 0 Å². The maximum atomic E-state index is 6.10. The molecule has 0 aliphatic heterocycles. The van der Waals surface area contributed by atoms with Gasteiger partial charge in [0.05, 0.1) is 0 Å². The minimum absolute atomic E-state index is 0.465. The van der Waals surface area contributed by atoms with Gasteiger partial charge in [-0.05, 0) is 121 Å². The molecule has 0 bridgehead atoms. The van der Waals surface area contributed by atoms with Gasteiger partial charge in [0.25, 0.3) is 0 Å². The molecule has 4 aromatic carbocycles. The minimum Gasteiger partial charge on any atom is -0.399 e. The molecule has 4 N–H and O–H groups in total. The standard InChI is InChI=1S/C55H82N2/c1-5-7-9-24-28-54(52-40-38-50(56)42-44(52)3)48-34-30-46(31-35-48)26-22-20-18-16-14-12-11-13-15-17-19-21-23-27-47-32-36-49(37-33-47)55(29-25-10-8-6-2)53-41-39-51(57)43-45(53)4/h30-43,54-55H,5-29,56-57H2,1-4H3. The fourth-order valence-corrected chi connectivity index (χ4v) is 9.17. The van der Waals surface area contributed by atoms with E-state index in [1.807, 2.05) is 0 Å². The van der Waals surface area contributed by atoms with Crippen LogP contribution in [0.2, 0.25) is 0 Å². The Morgan fingerprint density at radius 1 is 0.368 bits per heavy atom. The van der Waals surface area contributed by atoms with Gasteiger partial charge in [0, 0.05) is 23.2 Å². The fourth-order valence-electron chi connectivity index (χ4n) is 9.17. The van der Waals surface area contributed by atoms with Gasteiger partial charge in [0.2, 0.25) is 0 Å². The van der Waals surface area contributed by atoms with E-state index in [2.05, 4.69) is 113 Å². The van der Waals surface area contributed by atoms with Crippen LogP contribution in [0.15, 0.2) is 84.9 Å². The molecule has 2 unspecified atom stereocenters. The number of hydrogen-bond acceptors (Lipinski definition) is 2. The van der Waals surface area contributed by atoms with Crippen LogP contribution in [0, 0.1) is 13.8 Å². The molecule has 0 radical (unpaired) electrons. The molecule has 2 nitrogen and oxygen atoms in total. The van der Waals surface area contributed by atoms with E-state index in [1.165, 1.54) is 205 Å². The van der Waals surface area contributed by atoms with Crippen LogP contribution in [-0.2, 0) is 12.8 Å². The van der Waals surface area contributed by atoms with Crippen molar-refractivity contribution in [2.24, 2.45) is 0 Å². The number of hydrogen-bond donors (Lipinski definition) is 2.